The number of amidine groups is 1. The van der Waals surface area contributed by atoms with Crippen LogP contribution in [0.2, 0.25) is 58.9 Å². The Morgan fingerprint density at radius 2 is 1.43 bits per heavy atom. The monoisotopic (exact) mass is 366 g/mol. The molecule has 130 valence electrons. The number of aryl methyl sites for hydroxylation is 1. The Labute approximate surface area is 146 Å². The molecule has 0 radical (unpaired) electrons. The normalized spacial score (nSPS) is 13.9. The van der Waals surface area contributed by atoms with Crippen LogP contribution in [0.15, 0.2) is 29.4 Å². The third-order valence-corrected chi connectivity index (χ3v) is 11.0. The lowest BCUT2D eigenvalue weighted by atomic mass is 10.1. The maximum atomic E-state index is 5.99. The smallest absolute Gasteiger partial charge is 0.278 e. The second-order valence-electron chi connectivity index (χ2n) is 9.17. The van der Waals surface area contributed by atoms with Crippen molar-refractivity contribution >= 4 is 30.6 Å². The van der Waals surface area contributed by atoms with Crippen molar-refractivity contribution in [1.29, 1.82) is 0 Å². The van der Waals surface area contributed by atoms with Gasteiger partial charge in [-0.3, -0.25) is 0 Å². The summed E-state index contributed by atoms with van der Waals surface area (Å²) >= 11 is 0. The van der Waals surface area contributed by atoms with Crippen molar-refractivity contribution in [3.05, 3.63) is 35.4 Å². The van der Waals surface area contributed by atoms with E-state index < -0.39 is 24.8 Å². The molecule has 1 rings (SSSR count). The molecular formula is C17H34N2OSi3. The van der Waals surface area contributed by atoms with Crippen molar-refractivity contribution < 1.29 is 4.53 Å². The number of rotatable bonds is 5. The van der Waals surface area contributed by atoms with Gasteiger partial charge >= 0.3 is 0 Å². The molecule has 0 heterocycles. The summed E-state index contributed by atoms with van der Waals surface area (Å²) in [5.74, 6) is 1.04. The van der Waals surface area contributed by atoms with Gasteiger partial charge in [-0.25, -0.2) is 0 Å². The van der Waals surface area contributed by atoms with E-state index in [1.54, 1.807) is 0 Å². The van der Waals surface area contributed by atoms with Crippen LogP contribution in [0, 0.1) is 6.92 Å². The topological polar surface area (TPSA) is 24.8 Å². The average Bonchev–Trinajstić information content (AvgIpc) is 2.29. The Kier molecular flexibility index (Phi) is 6.09. The summed E-state index contributed by atoms with van der Waals surface area (Å²) in [5.41, 5.74) is 2.43. The number of hydrogen-bond donors (Lipinski definition) is 0. The molecule has 0 aliphatic rings. The van der Waals surface area contributed by atoms with Crippen LogP contribution in [0.25, 0.3) is 0 Å². The van der Waals surface area contributed by atoms with E-state index in [9.17, 15) is 0 Å². The predicted molar refractivity (Wildman–Crippen MR) is 111 cm³/mol. The molecule has 1 aromatic carbocycles. The summed E-state index contributed by atoms with van der Waals surface area (Å²) in [6.07, 6.45) is 0. The summed E-state index contributed by atoms with van der Waals surface area (Å²) in [4.78, 5) is 0. The van der Waals surface area contributed by atoms with Gasteiger partial charge in [-0.1, -0.05) is 68.2 Å². The Hall–Kier alpha value is -0.859. The first-order valence-electron chi connectivity index (χ1n) is 8.35. The van der Waals surface area contributed by atoms with Crippen molar-refractivity contribution in [2.45, 2.75) is 65.8 Å². The lowest BCUT2D eigenvalue weighted by Gasteiger charge is -2.46. The summed E-state index contributed by atoms with van der Waals surface area (Å²) in [5, 5.41) is 4.71. The molecule has 0 fully saturated rings. The standard InChI is InChI=1S/C17H34N2OSi3/c1-15-12-11-13-16(14-15)17(18-20-23(8,9)10)19(21(2,3)4)22(5,6)7/h11-14H,1-10H3/b18-17-. The van der Waals surface area contributed by atoms with E-state index in [4.69, 9.17) is 9.68 Å². The molecule has 1 aromatic rings. The molecule has 0 amide bonds. The van der Waals surface area contributed by atoms with Gasteiger partial charge in [0.15, 0.2) is 5.84 Å². The maximum absolute atomic E-state index is 5.99. The molecule has 0 spiro atoms. The van der Waals surface area contributed by atoms with Crippen molar-refractivity contribution in [1.82, 2.24) is 4.23 Å². The number of oxime groups is 1. The molecule has 0 aliphatic heterocycles. The van der Waals surface area contributed by atoms with Crippen LogP contribution < -0.4 is 0 Å². The van der Waals surface area contributed by atoms with E-state index >= 15 is 0 Å². The largest absolute Gasteiger partial charge is 0.454 e. The van der Waals surface area contributed by atoms with Crippen LogP contribution in [0.3, 0.4) is 0 Å². The number of benzene rings is 1. The van der Waals surface area contributed by atoms with E-state index in [1.807, 2.05) is 0 Å². The first-order valence-corrected chi connectivity index (χ1v) is 18.7. The summed E-state index contributed by atoms with van der Waals surface area (Å²) < 4.78 is 8.62. The van der Waals surface area contributed by atoms with Crippen LogP contribution in [-0.2, 0) is 4.53 Å². The Balaban J connectivity index is 3.49. The van der Waals surface area contributed by atoms with Gasteiger partial charge in [-0.2, -0.15) is 0 Å². The third kappa shape index (κ3) is 6.27. The van der Waals surface area contributed by atoms with Gasteiger partial charge in [0.1, 0.15) is 16.5 Å². The van der Waals surface area contributed by atoms with Gasteiger partial charge in [-0.15, -0.1) is 0 Å². The van der Waals surface area contributed by atoms with Gasteiger partial charge in [-0.05, 0) is 32.6 Å². The molecule has 0 bridgehead atoms. The fourth-order valence-corrected chi connectivity index (χ4v) is 12.8. The van der Waals surface area contributed by atoms with Gasteiger partial charge in [0, 0.05) is 5.56 Å². The van der Waals surface area contributed by atoms with Crippen molar-refractivity contribution in [3.63, 3.8) is 0 Å². The van der Waals surface area contributed by atoms with Crippen LogP contribution in [0.1, 0.15) is 11.1 Å². The molecule has 0 saturated heterocycles. The van der Waals surface area contributed by atoms with Gasteiger partial charge in [0.2, 0.25) is 0 Å². The Bertz CT molecular complexity index is 552. The van der Waals surface area contributed by atoms with Gasteiger partial charge in [0.05, 0.1) is 0 Å². The zero-order valence-electron chi connectivity index (χ0n) is 16.6. The first-order chi connectivity index (χ1) is 10.2. The number of nitrogens with zero attached hydrogens (tertiary/aromatic N) is 2. The fraction of sp³-hybridized carbons (Fsp3) is 0.588. The average molecular weight is 367 g/mol. The van der Waals surface area contributed by atoms with E-state index in [2.05, 4.69) is 94.3 Å². The lowest BCUT2D eigenvalue weighted by molar-refractivity contribution is 0.331. The molecule has 3 nitrogen and oxygen atoms in total. The quantitative estimate of drug-likeness (QED) is 0.298. The third-order valence-electron chi connectivity index (χ3n) is 3.24. The zero-order chi connectivity index (χ0) is 18.1. The van der Waals surface area contributed by atoms with Crippen LogP contribution in [0.4, 0.5) is 0 Å². The molecule has 6 heteroatoms. The fourth-order valence-electron chi connectivity index (χ4n) is 2.83. The lowest BCUT2D eigenvalue weighted by Crippen LogP contribution is -2.62. The minimum Gasteiger partial charge on any atom is -0.454 e. The minimum atomic E-state index is -1.71. The second-order valence-corrected chi connectivity index (χ2v) is 23.6. The van der Waals surface area contributed by atoms with Crippen LogP contribution >= 0.6 is 0 Å². The van der Waals surface area contributed by atoms with E-state index in [1.165, 1.54) is 11.1 Å². The highest BCUT2D eigenvalue weighted by molar-refractivity contribution is 6.92. The molecule has 0 N–H and O–H groups in total. The molecule has 0 atom stereocenters. The highest BCUT2D eigenvalue weighted by Crippen LogP contribution is 2.24. The summed E-state index contributed by atoms with van der Waals surface area (Å²) in [6.45, 7) is 23.0. The van der Waals surface area contributed by atoms with E-state index in [0.717, 1.165) is 5.84 Å². The van der Waals surface area contributed by atoms with Crippen molar-refractivity contribution in [2.24, 2.45) is 5.16 Å². The molecule has 0 saturated carbocycles. The molecular weight excluding hydrogens is 332 g/mol. The van der Waals surface area contributed by atoms with Gasteiger partial charge < -0.3 is 8.76 Å². The predicted octanol–water partition coefficient (Wildman–Crippen LogP) is 5.48. The highest BCUT2D eigenvalue weighted by atomic mass is 28.4. The molecule has 23 heavy (non-hydrogen) atoms. The van der Waals surface area contributed by atoms with E-state index in [0.29, 0.717) is 0 Å². The van der Waals surface area contributed by atoms with Crippen molar-refractivity contribution in [2.75, 3.05) is 0 Å². The molecule has 0 aromatic heterocycles. The first kappa shape index (κ1) is 20.2. The number of hydrogen-bond acceptors (Lipinski definition) is 2. The molecule has 0 aliphatic carbocycles. The van der Waals surface area contributed by atoms with Gasteiger partial charge in [0.25, 0.3) is 8.32 Å². The zero-order valence-corrected chi connectivity index (χ0v) is 19.6. The van der Waals surface area contributed by atoms with Crippen molar-refractivity contribution in [3.8, 4) is 0 Å². The van der Waals surface area contributed by atoms with E-state index in [-0.39, 0.29) is 0 Å². The molecule has 0 unspecified atom stereocenters. The highest BCUT2D eigenvalue weighted by Gasteiger charge is 2.38. The Morgan fingerprint density at radius 1 is 0.913 bits per heavy atom. The van der Waals surface area contributed by atoms with Crippen LogP contribution in [-0.4, -0.2) is 34.9 Å². The Morgan fingerprint density at radius 3 is 1.83 bits per heavy atom. The summed E-state index contributed by atoms with van der Waals surface area (Å²) in [7, 11) is -4.88. The van der Waals surface area contributed by atoms with Crippen LogP contribution in [0.5, 0.6) is 0 Å². The maximum Gasteiger partial charge on any atom is 0.278 e. The SMILES string of the molecule is Cc1cccc(/C(=N/O[Si](C)(C)C)N([Si](C)(C)C)[Si](C)(C)C)c1. The second kappa shape index (κ2) is 6.94. The minimum absolute atomic E-state index is 1.04. The summed E-state index contributed by atoms with van der Waals surface area (Å²) in [6, 6.07) is 8.63.